The molecule has 0 bridgehead atoms. The summed E-state index contributed by atoms with van der Waals surface area (Å²) in [5, 5.41) is 13.2. The van der Waals surface area contributed by atoms with E-state index in [1.54, 1.807) is 6.92 Å². The number of fused-ring (bicyclic) bond motifs is 2. The molecule has 9 nitrogen and oxygen atoms in total. The van der Waals surface area contributed by atoms with E-state index in [0.717, 1.165) is 10.7 Å². The maximum atomic E-state index is 14.8. The van der Waals surface area contributed by atoms with Gasteiger partial charge < -0.3 is 24.1 Å². The molecule has 15 heteroatoms. The zero-order chi connectivity index (χ0) is 31.4. The molecule has 1 N–H and O–H groups in total. The summed E-state index contributed by atoms with van der Waals surface area (Å²) < 4.78 is 106. The number of rotatable bonds is 7. The summed E-state index contributed by atoms with van der Waals surface area (Å²) >= 11 is 0. The van der Waals surface area contributed by atoms with Crippen LogP contribution in [0.5, 0.6) is 17.4 Å². The Hall–Kier alpha value is -4.01. The van der Waals surface area contributed by atoms with Gasteiger partial charge in [-0.25, -0.2) is 4.68 Å². The van der Waals surface area contributed by atoms with Crippen LogP contribution in [0.1, 0.15) is 80.2 Å². The number of carbonyl (C=O) groups is 1. The molecule has 3 aliphatic rings. The van der Waals surface area contributed by atoms with Gasteiger partial charge in [0.25, 0.3) is 0 Å². The topological polar surface area (TPSA) is 105 Å². The summed E-state index contributed by atoms with van der Waals surface area (Å²) in [6.07, 6.45) is -8.04. The van der Waals surface area contributed by atoms with Crippen molar-refractivity contribution in [1.82, 2.24) is 14.8 Å². The van der Waals surface area contributed by atoms with Crippen molar-refractivity contribution in [2.45, 2.75) is 82.7 Å². The van der Waals surface area contributed by atoms with Crippen molar-refractivity contribution in [3.05, 3.63) is 58.8 Å². The number of aromatic nitrogens is 3. The van der Waals surface area contributed by atoms with E-state index < -0.39 is 48.2 Å². The Balaban J connectivity index is 1.30. The number of benzene rings is 1. The first kappa shape index (κ1) is 30.0. The van der Waals surface area contributed by atoms with Crippen LogP contribution in [0.3, 0.4) is 0 Å². The highest BCUT2D eigenvalue weighted by atomic mass is 19.4. The monoisotopic (exact) mass is 627 g/mol. The predicted octanol–water partition coefficient (Wildman–Crippen LogP) is 6.92. The van der Waals surface area contributed by atoms with Gasteiger partial charge in [0.2, 0.25) is 11.8 Å². The van der Waals surface area contributed by atoms with Crippen molar-refractivity contribution in [2.75, 3.05) is 0 Å². The highest BCUT2D eigenvalue weighted by molar-refractivity contribution is 5.70. The van der Waals surface area contributed by atoms with Gasteiger partial charge in [-0.15, -0.1) is 8.78 Å². The Bertz CT molecular complexity index is 1570. The Kier molecular flexibility index (Phi) is 7.62. The lowest BCUT2D eigenvalue weighted by Gasteiger charge is -2.32. The normalized spacial score (nSPS) is 23.2. The molecule has 2 atom stereocenters. The number of hydrogen-bond acceptors (Lipinski definition) is 7. The number of pyridine rings is 1. The molecule has 0 spiro atoms. The number of carboxylic acids is 1. The number of aliphatic carboxylic acids is 1. The van der Waals surface area contributed by atoms with E-state index in [0.29, 0.717) is 44.1 Å². The molecule has 6 rings (SSSR count). The van der Waals surface area contributed by atoms with Crippen molar-refractivity contribution in [2.24, 2.45) is 5.92 Å². The van der Waals surface area contributed by atoms with Crippen LogP contribution in [-0.4, -0.2) is 38.2 Å². The van der Waals surface area contributed by atoms with Gasteiger partial charge in [0.05, 0.1) is 23.4 Å². The van der Waals surface area contributed by atoms with Crippen molar-refractivity contribution < 1.29 is 55.2 Å². The van der Waals surface area contributed by atoms with Gasteiger partial charge in [0.1, 0.15) is 12.2 Å². The van der Waals surface area contributed by atoms with Crippen LogP contribution in [0, 0.1) is 11.9 Å². The first-order valence-corrected chi connectivity index (χ1v) is 14.1. The summed E-state index contributed by atoms with van der Waals surface area (Å²) in [7, 11) is 0. The number of alkyl halides is 5. The summed E-state index contributed by atoms with van der Waals surface area (Å²) in [6.45, 7) is 1.54. The third-order valence-corrected chi connectivity index (χ3v) is 8.06. The fourth-order valence-corrected chi connectivity index (χ4v) is 5.99. The lowest BCUT2D eigenvalue weighted by atomic mass is 9.87. The minimum atomic E-state index is -4.79. The summed E-state index contributed by atoms with van der Waals surface area (Å²) in [6, 6.07) is 6.14. The number of nitrogens with zero attached hydrogens (tertiary/aromatic N) is 3. The Morgan fingerprint density at radius 1 is 1.09 bits per heavy atom. The molecule has 3 aromatic rings. The van der Waals surface area contributed by atoms with Crippen LogP contribution in [0.4, 0.5) is 26.3 Å². The van der Waals surface area contributed by atoms with E-state index in [9.17, 15) is 36.2 Å². The van der Waals surface area contributed by atoms with Crippen molar-refractivity contribution in [1.29, 1.82) is 0 Å². The number of hydrogen-bond donors (Lipinski definition) is 1. The quantitative estimate of drug-likeness (QED) is 0.222. The van der Waals surface area contributed by atoms with Crippen LogP contribution in [-0.2, 0) is 22.1 Å². The minimum Gasteiger partial charge on any atom is -0.481 e. The smallest absolute Gasteiger partial charge is 0.481 e. The second-order valence-electron chi connectivity index (χ2n) is 11.1. The molecule has 236 valence electrons. The molecule has 0 saturated heterocycles. The molecule has 0 radical (unpaired) electrons. The fraction of sp³-hybridized carbons (Fsp3) is 0.483. The number of carboxylic acid groups (broad SMARTS) is 1. The Morgan fingerprint density at radius 2 is 1.82 bits per heavy atom. The zero-order valence-corrected chi connectivity index (χ0v) is 23.2. The molecule has 2 aromatic heterocycles. The summed E-state index contributed by atoms with van der Waals surface area (Å²) in [4.78, 5) is 15.1. The SMILES string of the molecule is C[C@H](Oc1cc(-n2nc(C(F)(F)F)c3c2[C@H](O[C@H]2CC[C@H](C(=O)O)CC2)CCC3)cc(F)n1)c1ccc2c(c1)OC(F)(F)O2. The van der Waals surface area contributed by atoms with Crippen LogP contribution in [0.2, 0.25) is 0 Å². The first-order valence-electron chi connectivity index (χ1n) is 14.1. The summed E-state index contributed by atoms with van der Waals surface area (Å²) in [5.74, 6) is -3.10. The molecule has 0 unspecified atom stereocenters. The largest absolute Gasteiger partial charge is 0.586 e. The Labute approximate surface area is 246 Å². The molecule has 1 saturated carbocycles. The second-order valence-corrected chi connectivity index (χ2v) is 11.1. The highest BCUT2D eigenvalue weighted by Gasteiger charge is 2.44. The number of ether oxygens (including phenoxy) is 4. The molecule has 1 aromatic carbocycles. The fourth-order valence-electron chi connectivity index (χ4n) is 5.99. The van der Waals surface area contributed by atoms with E-state index in [4.69, 9.17) is 9.47 Å². The van der Waals surface area contributed by atoms with Crippen LogP contribution in [0.15, 0.2) is 30.3 Å². The van der Waals surface area contributed by atoms with E-state index in [2.05, 4.69) is 19.6 Å². The van der Waals surface area contributed by atoms with Crippen LogP contribution in [0.25, 0.3) is 5.69 Å². The van der Waals surface area contributed by atoms with Gasteiger partial charge in [0.15, 0.2) is 17.2 Å². The lowest BCUT2D eigenvalue weighted by Crippen LogP contribution is -2.29. The molecular weight excluding hydrogens is 600 g/mol. The van der Waals surface area contributed by atoms with Gasteiger partial charge in [-0.2, -0.15) is 27.6 Å². The number of halogens is 6. The average Bonchev–Trinajstić information content (AvgIpc) is 3.50. The third kappa shape index (κ3) is 6.01. The van der Waals surface area contributed by atoms with Crippen molar-refractivity contribution in [3.8, 4) is 23.1 Å². The molecule has 1 fully saturated rings. The molecular formula is C29H27F6N3O6. The second kappa shape index (κ2) is 11.2. The maximum absolute atomic E-state index is 14.8. The molecule has 2 aliphatic carbocycles. The first-order chi connectivity index (χ1) is 20.8. The van der Waals surface area contributed by atoms with Crippen molar-refractivity contribution >= 4 is 5.97 Å². The maximum Gasteiger partial charge on any atom is 0.586 e. The van der Waals surface area contributed by atoms with Gasteiger partial charge >= 0.3 is 18.4 Å². The van der Waals surface area contributed by atoms with E-state index in [1.807, 2.05) is 0 Å². The third-order valence-electron chi connectivity index (χ3n) is 8.06. The molecule has 44 heavy (non-hydrogen) atoms. The van der Waals surface area contributed by atoms with Gasteiger partial charge in [-0.1, -0.05) is 6.07 Å². The lowest BCUT2D eigenvalue weighted by molar-refractivity contribution is -0.286. The van der Waals surface area contributed by atoms with Crippen LogP contribution < -0.4 is 14.2 Å². The average molecular weight is 628 g/mol. The van der Waals surface area contributed by atoms with Gasteiger partial charge in [-0.05, 0) is 69.6 Å². The predicted molar refractivity (Wildman–Crippen MR) is 138 cm³/mol. The van der Waals surface area contributed by atoms with E-state index in [-0.39, 0.29) is 46.8 Å². The highest BCUT2D eigenvalue weighted by Crippen LogP contribution is 2.44. The summed E-state index contributed by atoms with van der Waals surface area (Å²) in [5.41, 5.74) is -0.717. The molecule has 3 heterocycles. The Morgan fingerprint density at radius 3 is 2.52 bits per heavy atom. The van der Waals surface area contributed by atoms with Gasteiger partial charge in [0, 0.05) is 17.7 Å². The minimum absolute atomic E-state index is 0.0433. The van der Waals surface area contributed by atoms with Crippen LogP contribution >= 0.6 is 0 Å². The zero-order valence-electron chi connectivity index (χ0n) is 23.2. The van der Waals surface area contributed by atoms with E-state index in [1.165, 1.54) is 24.3 Å². The van der Waals surface area contributed by atoms with E-state index >= 15 is 0 Å². The molecule has 0 amide bonds. The molecule has 1 aliphatic heterocycles. The van der Waals surface area contributed by atoms with Gasteiger partial charge in [-0.3, -0.25) is 4.79 Å². The van der Waals surface area contributed by atoms with Crippen molar-refractivity contribution in [3.63, 3.8) is 0 Å². The standard InChI is InChI=1S/C29H27F6N3O6/c1-14(16-7-10-20-22(11-16)44-29(34,35)43-20)41-24-13-17(12-23(30)36-24)38-25-19(26(37-38)28(31,32)33)3-2-4-21(25)42-18-8-5-15(6-9-18)27(39)40/h7,10-15,18,21H,2-6,8-9H2,1H3,(H,39,40)/t14-,15-,18-,21+/m0/s1.